The van der Waals surface area contributed by atoms with Crippen molar-refractivity contribution in [3.8, 4) is 17.2 Å². The van der Waals surface area contributed by atoms with Crippen molar-refractivity contribution in [3.05, 3.63) is 60.5 Å². The molecular weight excluding hydrogens is 424 g/mol. The lowest BCUT2D eigenvalue weighted by atomic mass is 10.2. The van der Waals surface area contributed by atoms with Gasteiger partial charge in [0.15, 0.2) is 11.1 Å². The van der Waals surface area contributed by atoms with Gasteiger partial charge in [0.25, 0.3) is 6.01 Å². The van der Waals surface area contributed by atoms with E-state index < -0.39 is 6.09 Å². The van der Waals surface area contributed by atoms with E-state index in [1.54, 1.807) is 11.1 Å². The van der Waals surface area contributed by atoms with Gasteiger partial charge in [0.05, 0.1) is 23.8 Å². The minimum absolute atomic E-state index is 0.0590. The van der Waals surface area contributed by atoms with Crippen LogP contribution in [0.4, 0.5) is 10.8 Å². The van der Waals surface area contributed by atoms with Crippen molar-refractivity contribution in [2.75, 3.05) is 18.0 Å². The fraction of sp³-hybridized carbons (Fsp3) is 0.292. The van der Waals surface area contributed by atoms with Crippen LogP contribution < -0.4 is 9.64 Å². The first-order valence-electron chi connectivity index (χ1n) is 10.9. The molecule has 33 heavy (non-hydrogen) atoms. The van der Waals surface area contributed by atoms with Crippen LogP contribution >= 0.6 is 0 Å². The molecule has 1 amide bonds. The van der Waals surface area contributed by atoms with Gasteiger partial charge in [0.1, 0.15) is 18.6 Å². The first kappa shape index (κ1) is 19.7. The fourth-order valence-corrected chi connectivity index (χ4v) is 4.86. The van der Waals surface area contributed by atoms with Crippen LogP contribution in [0.25, 0.3) is 22.6 Å². The molecule has 6 rings (SSSR count). The first-order chi connectivity index (χ1) is 16.2. The Morgan fingerprint density at radius 2 is 1.91 bits per heavy atom. The highest BCUT2D eigenvalue weighted by atomic mass is 16.5. The van der Waals surface area contributed by atoms with Crippen molar-refractivity contribution in [2.45, 2.75) is 31.5 Å². The Morgan fingerprint density at radius 1 is 1.12 bits per heavy atom. The van der Waals surface area contributed by atoms with Gasteiger partial charge in [-0.25, -0.2) is 9.78 Å². The summed E-state index contributed by atoms with van der Waals surface area (Å²) < 4.78 is 17.9. The summed E-state index contributed by atoms with van der Waals surface area (Å²) in [6, 6.07) is 14.0. The number of carbonyl (C=O) groups is 1. The molecule has 0 radical (unpaired) electrons. The number of nitrogens with zero attached hydrogens (tertiary/aromatic N) is 4. The van der Waals surface area contributed by atoms with Crippen LogP contribution in [0.2, 0.25) is 0 Å². The molecule has 0 aliphatic carbocycles. The Morgan fingerprint density at radius 3 is 2.61 bits per heavy atom. The number of ether oxygens (including phenoxy) is 1. The predicted octanol–water partition coefficient (Wildman–Crippen LogP) is 4.39. The minimum atomic E-state index is -0.859. The lowest BCUT2D eigenvalue weighted by Crippen LogP contribution is -2.55. The van der Waals surface area contributed by atoms with Gasteiger partial charge in [-0.3, -0.25) is 4.90 Å². The fourth-order valence-electron chi connectivity index (χ4n) is 4.86. The van der Waals surface area contributed by atoms with E-state index >= 15 is 0 Å². The highest BCUT2D eigenvalue weighted by molar-refractivity contribution is 5.93. The standard InChI is InChI=1S/C24H22N4O5/c29-24(30)28-16-6-7-17(28)13-27(12-16)23-26-20-19(32-14-15-4-2-1-3-5-15)9-8-18(21(20)33-23)22-25-10-11-31-22/h1-5,8-11,16-17H,6-7,12-14H2,(H,29,30). The van der Waals surface area contributed by atoms with Crippen molar-refractivity contribution in [1.82, 2.24) is 14.9 Å². The van der Waals surface area contributed by atoms with Crippen molar-refractivity contribution >= 4 is 23.2 Å². The van der Waals surface area contributed by atoms with E-state index in [1.165, 1.54) is 6.26 Å². The summed E-state index contributed by atoms with van der Waals surface area (Å²) in [4.78, 5) is 24.3. The van der Waals surface area contributed by atoms with Gasteiger partial charge in [-0.05, 0) is 30.5 Å². The normalized spacial score (nSPS) is 19.9. The molecule has 168 valence electrons. The highest BCUT2D eigenvalue weighted by Crippen LogP contribution is 2.39. The second-order valence-electron chi connectivity index (χ2n) is 8.38. The second-order valence-corrected chi connectivity index (χ2v) is 8.38. The van der Waals surface area contributed by atoms with Crippen LogP contribution in [0.1, 0.15) is 18.4 Å². The van der Waals surface area contributed by atoms with Gasteiger partial charge in [-0.1, -0.05) is 30.3 Å². The number of hydrogen-bond acceptors (Lipinski definition) is 7. The number of fused-ring (bicyclic) bond motifs is 3. The van der Waals surface area contributed by atoms with Gasteiger partial charge < -0.3 is 23.6 Å². The topological polar surface area (TPSA) is 105 Å². The first-order valence-corrected chi connectivity index (χ1v) is 10.9. The van der Waals surface area contributed by atoms with Crippen molar-refractivity contribution in [3.63, 3.8) is 0 Å². The molecule has 2 fully saturated rings. The van der Waals surface area contributed by atoms with Crippen molar-refractivity contribution in [2.24, 2.45) is 0 Å². The zero-order valence-corrected chi connectivity index (χ0v) is 17.8. The molecule has 4 aromatic rings. The average Bonchev–Trinajstić information content (AvgIpc) is 3.56. The summed E-state index contributed by atoms with van der Waals surface area (Å²) in [6.45, 7) is 1.49. The average molecular weight is 446 g/mol. The Bertz CT molecular complexity index is 1270. The third-order valence-electron chi connectivity index (χ3n) is 6.37. The lowest BCUT2D eigenvalue weighted by Gasteiger charge is -2.38. The van der Waals surface area contributed by atoms with Crippen LogP contribution in [0.5, 0.6) is 5.75 Å². The van der Waals surface area contributed by atoms with E-state index in [9.17, 15) is 9.90 Å². The Kier molecular flexibility index (Phi) is 4.67. The molecular formula is C24H22N4O5. The number of amides is 1. The molecule has 2 saturated heterocycles. The monoisotopic (exact) mass is 446 g/mol. The minimum Gasteiger partial charge on any atom is -0.486 e. The molecule has 2 aromatic carbocycles. The number of anilines is 1. The summed E-state index contributed by atoms with van der Waals surface area (Å²) >= 11 is 0. The molecule has 9 nitrogen and oxygen atoms in total. The molecule has 2 unspecified atom stereocenters. The van der Waals surface area contributed by atoms with Crippen LogP contribution in [-0.2, 0) is 6.61 Å². The molecule has 0 spiro atoms. The summed E-state index contributed by atoms with van der Waals surface area (Å²) in [7, 11) is 0. The number of piperazine rings is 1. The molecule has 0 saturated carbocycles. The zero-order chi connectivity index (χ0) is 22.4. The summed E-state index contributed by atoms with van der Waals surface area (Å²) in [5, 5.41) is 9.56. The predicted molar refractivity (Wildman–Crippen MR) is 119 cm³/mol. The van der Waals surface area contributed by atoms with E-state index in [0.717, 1.165) is 18.4 Å². The maximum Gasteiger partial charge on any atom is 0.407 e. The van der Waals surface area contributed by atoms with Gasteiger partial charge in [0, 0.05) is 13.1 Å². The van der Waals surface area contributed by atoms with Crippen LogP contribution in [0.15, 0.2) is 63.8 Å². The van der Waals surface area contributed by atoms with Gasteiger partial charge in [-0.15, -0.1) is 0 Å². The van der Waals surface area contributed by atoms with Crippen molar-refractivity contribution < 1.29 is 23.5 Å². The molecule has 2 aromatic heterocycles. The molecule has 9 heteroatoms. The molecule has 4 heterocycles. The number of aromatic nitrogens is 2. The second kappa shape index (κ2) is 7.84. The highest BCUT2D eigenvalue weighted by Gasteiger charge is 2.44. The van der Waals surface area contributed by atoms with Crippen LogP contribution in [-0.4, -0.2) is 51.2 Å². The van der Waals surface area contributed by atoms with Crippen molar-refractivity contribution in [1.29, 1.82) is 0 Å². The summed E-state index contributed by atoms with van der Waals surface area (Å²) in [5.74, 6) is 1.04. The van der Waals surface area contributed by atoms with E-state index in [-0.39, 0.29) is 12.1 Å². The smallest absolute Gasteiger partial charge is 0.407 e. The quantitative estimate of drug-likeness (QED) is 0.481. The maximum atomic E-state index is 11.6. The molecule has 2 bridgehead atoms. The van der Waals surface area contributed by atoms with Crippen LogP contribution in [0.3, 0.4) is 0 Å². The number of carboxylic acid groups (broad SMARTS) is 1. The molecule has 2 atom stereocenters. The number of hydrogen-bond donors (Lipinski definition) is 1. The van der Waals surface area contributed by atoms with Crippen LogP contribution in [0, 0.1) is 0 Å². The zero-order valence-electron chi connectivity index (χ0n) is 17.8. The van der Waals surface area contributed by atoms with E-state index in [1.807, 2.05) is 47.4 Å². The third-order valence-corrected chi connectivity index (χ3v) is 6.37. The summed E-state index contributed by atoms with van der Waals surface area (Å²) in [5.41, 5.74) is 2.86. The maximum absolute atomic E-state index is 11.6. The summed E-state index contributed by atoms with van der Waals surface area (Å²) in [6.07, 6.45) is 3.94. The third kappa shape index (κ3) is 3.45. The van der Waals surface area contributed by atoms with E-state index in [0.29, 0.717) is 54.0 Å². The van der Waals surface area contributed by atoms with E-state index in [4.69, 9.17) is 18.6 Å². The number of rotatable bonds is 5. The SMILES string of the molecule is O=C(O)N1C2CCC1CN(c1nc3c(OCc4ccccc4)ccc(-c4ncco4)c3o1)C2. The van der Waals surface area contributed by atoms with E-state index in [2.05, 4.69) is 4.98 Å². The molecule has 2 aliphatic rings. The molecule has 1 N–H and O–H groups in total. The number of benzene rings is 2. The Hall–Kier alpha value is -4.01. The van der Waals surface area contributed by atoms with Gasteiger partial charge >= 0.3 is 6.09 Å². The van der Waals surface area contributed by atoms with Gasteiger partial charge in [0.2, 0.25) is 5.89 Å². The van der Waals surface area contributed by atoms with Gasteiger partial charge in [-0.2, -0.15) is 4.98 Å². The number of oxazole rings is 2. The largest absolute Gasteiger partial charge is 0.486 e. The Labute approximate surface area is 189 Å². The molecule has 2 aliphatic heterocycles. The Balaban J connectivity index is 1.36. The lowest BCUT2D eigenvalue weighted by molar-refractivity contribution is 0.114.